The lowest BCUT2D eigenvalue weighted by atomic mass is 10.2. The topological polar surface area (TPSA) is 84.5 Å². The summed E-state index contributed by atoms with van der Waals surface area (Å²) in [6.45, 7) is 1.68. The second-order valence-electron chi connectivity index (χ2n) is 6.18. The number of benzene rings is 1. The van der Waals surface area contributed by atoms with Gasteiger partial charge in [-0.05, 0) is 37.1 Å². The Bertz CT molecular complexity index is 841. The van der Waals surface area contributed by atoms with Gasteiger partial charge in [-0.25, -0.2) is 9.18 Å². The van der Waals surface area contributed by atoms with E-state index in [1.165, 1.54) is 30.5 Å². The number of likely N-dealkylation sites (tertiary alicyclic amines) is 1. The fourth-order valence-electron chi connectivity index (χ4n) is 2.88. The monoisotopic (exact) mass is 361 g/mol. The molecule has 2 heterocycles. The number of oxazole rings is 1. The minimum atomic E-state index is -0.651. The van der Waals surface area contributed by atoms with Gasteiger partial charge in [0.25, 0.3) is 0 Å². The molecule has 3 rings (SSSR count). The van der Waals surface area contributed by atoms with E-state index < -0.39 is 5.76 Å². The van der Waals surface area contributed by atoms with Crippen LogP contribution in [0, 0.1) is 5.82 Å². The third-order valence-electron chi connectivity index (χ3n) is 4.25. The lowest BCUT2D eigenvalue weighted by Gasteiger charge is -2.15. The van der Waals surface area contributed by atoms with Gasteiger partial charge >= 0.3 is 5.76 Å². The van der Waals surface area contributed by atoms with Gasteiger partial charge in [-0.3, -0.25) is 14.2 Å². The van der Waals surface area contributed by atoms with Gasteiger partial charge in [-0.15, -0.1) is 0 Å². The highest BCUT2D eigenvalue weighted by Gasteiger charge is 2.19. The molecule has 0 radical (unpaired) electrons. The van der Waals surface area contributed by atoms with Gasteiger partial charge < -0.3 is 14.6 Å². The fourth-order valence-corrected chi connectivity index (χ4v) is 2.88. The maximum Gasteiger partial charge on any atom is 0.419 e. The average Bonchev–Trinajstić information content (AvgIpc) is 3.18. The van der Waals surface area contributed by atoms with Crippen molar-refractivity contribution in [1.82, 2.24) is 14.8 Å². The molecule has 1 aromatic heterocycles. The summed E-state index contributed by atoms with van der Waals surface area (Å²) in [5.41, 5.74) is 0.554. The molecule has 1 N–H and O–H groups in total. The van der Waals surface area contributed by atoms with Crippen molar-refractivity contribution in [3.05, 3.63) is 46.8 Å². The van der Waals surface area contributed by atoms with E-state index in [0.717, 1.165) is 17.5 Å². The van der Waals surface area contributed by atoms with E-state index in [1.807, 2.05) is 0 Å². The first-order chi connectivity index (χ1) is 12.5. The Morgan fingerprint density at radius 3 is 2.69 bits per heavy atom. The summed E-state index contributed by atoms with van der Waals surface area (Å²) in [4.78, 5) is 37.1. The summed E-state index contributed by atoms with van der Waals surface area (Å²) in [5.74, 6) is -0.913. The van der Waals surface area contributed by atoms with Crippen molar-refractivity contribution in [2.45, 2.75) is 25.8 Å². The quantitative estimate of drug-likeness (QED) is 0.755. The average molecular weight is 361 g/mol. The molecule has 1 aliphatic heterocycles. The molecule has 2 aromatic rings. The van der Waals surface area contributed by atoms with Crippen LogP contribution in [0.15, 0.2) is 39.7 Å². The number of halogens is 1. The summed E-state index contributed by atoms with van der Waals surface area (Å²) in [6, 6.07) is 5.53. The Morgan fingerprint density at radius 2 is 2.00 bits per heavy atom. The fraction of sp³-hybridized carbons (Fsp3) is 0.389. The van der Waals surface area contributed by atoms with Crippen molar-refractivity contribution in [3.63, 3.8) is 0 Å². The third-order valence-corrected chi connectivity index (χ3v) is 4.25. The number of nitrogens with one attached hydrogen (secondary N) is 1. The molecular weight excluding hydrogens is 341 g/mol. The first kappa shape index (κ1) is 17.9. The zero-order valence-corrected chi connectivity index (χ0v) is 14.2. The highest BCUT2D eigenvalue weighted by Crippen LogP contribution is 2.18. The van der Waals surface area contributed by atoms with Gasteiger partial charge in [0.05, 0.1) is 6.20 Å². The summed E-state index contributed by atoms with van der Waals surface area (Å²) in [5, 5.41) is 2.73. The first-order valence-electron chi connectivity index (χ1n) is 8.53. The molecule has 0 bridgehead atoms. The Morgan fingerprint density at radius 1 is 1.23 bits per heavy atom. The number of rotatable bonds is 7. The van der Waals surface area contributed by atoms with Gasteiger partial charge in [-0.1, -0.05) is 0 Å². The molecule has 1 aliphatic rings. The summed E-state index contributed by atoms with van der Waals surface area (Å²) >= 11 is 0. The van der Waals surface area contributed by atoms with E-state index in [9.17, 15) is 18.8 Å². The summed E-state index contributed by atoms with van der Waals surface area (Å²) < 4.78 is 19.2. The molecular formula is C18H20FN3O4. The van der Waals surface area contributed by atoms with Crippen LogP contribution in [0.4, 0.5) is 4.39 Å². The maximum atomic E-state index is 13.0. The van der Waals surface area contributed by atoms with E-state index in [1.54, 1.807) is 4.90 Å². The van der Waals surface area contributed by atoms with Crippen molar-refractivity contribution in [2.24, 2.45) is 0 Å². The van der Waals surface area contributed by atoms with Gasteiger partial charge in [0.1, 0.15) is 12.4 Å². The minimum absolute atomic E-state index is 0.161. The molecule has 0 atom stereocenters. The Hall–Kier alpha value is -2.90. The summed E-state index contributed by atoms with van der Waals surface area (Å²) in [7, 11) is 0. The zero-order chi connectivity index (χ0) is 18.5. The van der Waals surface area contributed by atoms with Crippen LogP contribution in [0.25, 0.3) is 11.3 Å². The van der Waals surface area contributed by atoms with Crippen LogP contribution in [-0.2, 0) is 16.1 Å². The third kappa shape index (κ3) is 4.38. The van der Waals surface area contributed by atoms with E-state index in [2.05, 4.69) is 5.32 Å². The minimum Gasteiger partial charge on any atom is -0.408 e. The molecule has 0 aliphatic carbocycles. The summed E-state index contributed by atoms with van der Waals surface area (Å²) in [6.07, 6.45) is 3.59. The molecule has 1 fully saturated rings. The zero-order valence-electron chi connectivity index (χ0n) is 14.2. The standard InChI is InChI=1S/C18H20FN3O4/c19-14-6-4-13(5-7-14)15-11-22(18(25)26-15)12-16(23)20-8-2-10-21-9-1-3-17(21)24/h4-7,11H,1-3,8-10,12H2,(H,20,23). The van der Waals surface area contributed by atoms with E-state index >= 15 is 0 Å². The molecule has 0 unspecified atom stereocenters. The van der Waals surface area contributed by atoms with Crippen LogP contribution in [0.1, 0.15) is 19.3 Å². The van der Waals surface area contributed by atoms with Crippen LogP contribution >= 0.6 is 0 Å². The van der Waals surface area contributed by atoms with Gasteiger partial charge in [0.15, 0.2) is 5.76 Å². The molecule has 1 saturated heterocycles. The van der Waals surface area contributed by atoms with Crippen molar-refractivity contribution >= 4 is 11.8 Å². The first-order valence-corrected chi connectivity index (χ1v) is 8.53. The van der Waals surface area contributed by atoms with E-state index in [-0.39, 0.29) is 29.9 Å². The molecule has 138 valence electrons. The molecule has 0 spiro atoms. The van der Waals surface area contributed by atoms with Crippen LogP contribution in [0.2, 0.25) is 0 Å². The molecule has 0 saturated carbocycles. The number of amides is 2. The van der Waals surface area contributed by atoms with Crippen molar-refractivity contribution < 1.29 is 18.4 Å². The van der Waals surface area contributed by atoms with Crippen molar-refractivity contribution in [2.75, 3.05) is 19.6 Å². The Labute approximate surface area is 149 Å². The van der Waals surface area contributed by atoms with E-state index in [4.69, 9.17) is 4.42 Å². The van der Waals surface area contributed by atoms with Gasteiger partial charge in [0.2, 0.25) is 11.8 Å². The predicted molar refractivity (Wildman–Crippen MR) is 91.8 cm³/mol. The number of aromatic nitrogens is 1. The number of hydrogen-bond donors (Lipinski definition) is 1. The van der Waals surface area contributed by atoms with Crippen LogP contribution < -0.4 is 11.1 Å². The smallest absolute Gasteiger partial charge is 0.408 e. The van der Waals surface area contributed by atoms with Gasteiger partial charge in [-0.2, -0.15) is 0 Å². The largest absolute Gasteiger partial charge is 0.419 e. The van der Waals surface area contributed by atoms with Crippen molar-refractivity contribution in [1.29, 1.82) is 0 Å². The lowest BCUT2D eigenvalue weighted by Crippen LogP contribution is -2.33. The van der Waals surface area contributed by atoms with Crippen molar-refractivity contribution in [3.8, 4) is 11.3 Å². The second-order valence-corrected chi connectivity index (χ2v) is 6.18. The molecule has 8 heteroatoms. The van der Waals surface area contributed by atoms with Crippen LogP contribution in [0.5, 0.6) is 0 Å². The number of carbonyl (C=O) groups is 2. The van der Waals surface area contributed by atoms with Crippen LogP contribution in [-0.4, -0.2) is 40.9 Å². The maximum absolute atomic E-state index is 13.0. The molecule has 2 amide bonds. The molecule has 1 aromatic carbocycles. The predicted octanol–water partition coefficient (Wildman–Crippen LogP) is 1.38. The lowest BCUT2D eigenvalue weighted by molar-refractivity contribution is -0.127. The Kier molecular flexibility index (Phi) is 5.50. The normalized spacial score (nSPS) is 14.0. The van der Waals surface area contributed by atoms with Gasteiger partial charge in [0, 0.05) is 31.6 Å². The highest BCUT2D eigenvalue weighted by molar-refractivity contribution is 5.78. The Balaban J connectivity index is 1.49. The number of hydrogen-bond acceptors (Lipinski definition) is 4. The number of carbonyl (C=O) groups excluding carboxylic acids is 2. The van der Waals surface area contributed by atoms with Crippen LogP contribution in [0.3, 0.4) is 0 Å². The SMILES string of the molecule is O=C(Cn1cc(-c2ccc(F)cc2)oc1=O)NCCCN1CCCC1=O. The van der Waals surface area contributed by atoms with E-state index in [0.29, 0.717) is 31.5 Å². The molecule has 26 heavy (non-hydrogen) atoms. The number of nitrogens with zero attached hydrogens (tertiary/aromatic N) is 2. The molecule has 7 nitrogen and oxygen atoms in total. The highest BCUT2D eigenvalue weighted by atomic mass is 19.1. The second kappa shape index (κ2) is 7.99.